The largest absolute Gasteiger partial charge is 0.459 e. The van der Waals surface area contributed by atoms with Gasteiger partial charge in [0.1, 0.15) is 29.5 Å². The predicted octanol–water partition coefficient (Wildman–Crippen LogP) is 1.02. The molecule has 10 atom stereocenters. The number of epoxide rings is 1. The lowest BCUT2D eigenvalue weighted by atomic mass is 9.55. The van der Waals surface area contributed by atoms with Crippen LogP contribution in [-0.2, 0) is 23.8 Å². The molecule has 3 saturated carbocycles. The van der Waals surface area contributed by atoms with E-state index in [1.807, 2.05) is 6.92 Å². The Balaban J connectivity index is 1.71. The Hall–Kier alpha value is -1.74. The molecular weight excluding hydrogens is 416 g/mol. The highest BCUT2D eigenvalue weighted by Crippen LogP contribution is 2.76. The number of carbonyl (C=O) groups is 2. The molecule has 0 aromatic heterocycles. The summed E-state index contributed by atoms with van der Waals surface area (Å²) in [5.74, 6) is -2.83. The number of aliphatic hydroxyl groups is 3. The Bertz CT molecular complexity index is 950. The van der Waals surface area contributed by atoms with Crippen LogP contribution in [0.2, 0.25) is 0 Å². The molecule has 8 heteroatoms. The number of rotatable bonds is 2. The van der Waals surface area contributed by atoms with Gasteiger partial charge in [-0.15, -0.1) is 0 Å². The summed E-state index contributed by atoms with van der Waals surface area (Å²) in [4.78, 5) is 25.0. The molecule has 4 fully saturated rings. The van der Waals surface area contributed by atoms with Gasteiger partial charge in [0.25, 0.3) is 0 Å². The molecule has 2 aliphatic heterocycles. The first-order chi connectivity index (χ1) is 14.8. The van der Waals surface area contributed by atoms with Gasteiger partial charge < -0.3 is 29.5 Å². The maximum Gasteiger partial charge on any atom is 0.334 e. The van der Waals surface area contributed by atoms with Gasteiger partial charge in [0, 0.05) is 23.8 Å². The standard InChI is InChI=1S/C24H32O8/c1-9(2)19(26)31-18-10(3)8-23-21(28)22(6,29)17-15-12(5)20(27)30-14(15)7-13(25)11(4)16(17)24(18,23)32-23/h9-10,13-14,16-18,21,25,28-29H,4,7-8H2,1-3,5-6H3/t10-,13+,14+,16-,17-,18-,21+,22-,23+,24+/m1/s1. The van der Waals surface area contributed by atoms with Crippen LogP contribution >= 0.6 is 0 Å². The zero-order valence-corrected chi connectivity index (χ0v) is 19.1. The third-order valence-corrected chi connectivity index (χ3v) is 8.61. The van der Waals surface area contributed by atoms with Gasteiger partial charge in [-0.1, -0.05) is 27.4 Å². The van der Waals surface area contributed by atoms with E-state index in [4.69, 9.17) is 14.2 Å². The van der Waals surface area contributed by atoms with Crippen LogP contribution in [0, 0.1) is 23.7 Å². The van der Waals surface area contributed by atoms with Crippen molar-refractivity contribution in [1.29, 1.82) is 0 Å². The molecule has 32 heavy (non-hydrogen) atoms. The van der Waals surface area contributed by atoms with E-state index in [-0.39, 0.29) is 24.2 Å². The summed E-state index contributed by atoms with van der Waals surface area (Å²) in [7, 11) is 0. The van der Waals surface area contributed by atoms with Crippen LogP contribution in [0.4, 0.5) is 0 Å². The third-order valence-electron chi connectivity index (χ3n) is 8.61. The van der Waals surface area contributed by atoms with Gasteiger partial charge in [0.05, 0.1) is 17.6 Å². The first kappa shape index (κ1) is 22.1. The Kier molecular flexibility index (Phi) is 4.44. The van der Waals surface area contributed by atoms with Gasteiger partial charge in [-0.05, 0) is 37.3 Å². The Morgan fingerprint density at radius 2 is 1.94 bits per heavy atom. The number of hydrogen-bond donors (Lipinski definition) is 3. The van der Waals surface area contributed by atoms with Crippen molar-refractivity contribution < 1.29 is 39.1 Å². The maximum atomic E-state index is 12.6. The molecule has 0 radical (unpaired) electrons. The normalized spacial score (nSPS) is 51.5. The molecule has 5 aliphatic rings. The lowest BCUT2D eigenvalue weighted by Crippen LogP contribution is -2.66. The number of fused-ring (bicyclic) bond motifs is 3. The molecule has 0 amide bonds. The van der Waals surface area contributed by atoms with Gasteiger partial charge in [-0.2, -0.15) is 0 Å². The molecule has 2 heterocycles. The van der Waals surface area contributed by atoms with E-state index in [0.717, 1.165) is 0 Å². The van der Waals surface area contributed by atoms with E-state index >= 15 is 0 Å². The second-order valence-electron chi connectivity index (χ2n) is 10.9. The van der Waals surface area contributed by atoms with Crippen molar-refractivity contribution in [3.8, 4) is 0 Å². The van der Waals surface area contributed by atoms with Crippen molar-refractivity contribution in [3.63, 3.8) is 0 Å². The fourth-order valence-electron chi connectivity index (χ4n) is 7.16. The van der Waals surface area contributed by atoms with Crippen molar-refractivity contribution in [2.45, 2.75) is 88.7 Å². The number of esters is 2. The van der Waals surface area contributed by atoms with Crippen LogP contribution < -0.4 is 0 Å². The minimum atomic E-state index is -1.68. The molecule has 0 aromatic rings. The van der Waals surface area contributed by atoms with Crippen LogP contribution in [0.3, 0.4) is 0 Å². The Morgan fingerprint density at radius 3 is 2.56 bits per heavy atom. The molecule has 176 valence electrons. The molecule has 8 nitrogen and oxygen atoms in total. The van der Waals surface area contributed by atoms with Crippen LogP contribution in [0.5, 0.6) is 0 Å². The van der Waals surface area contributed by atoms with Crippen LogP contribution in [0.1, 0.15) is 47.5 Å². The summed E-state index contributed by atoms with van der Waals surface area (Å²) in [6, 6.07) is 0. The SMILES string of the molecule is C=C1[C@@H]2[C@@H](C3=C(C)C(=O)O[C@H]3C[C@@H]1O)[C@@](C)(O)[C@H](O)[C@@]13C[C@@H](C)[C@@H](OC(=O)C(C)C)[C@@]21O3. The van der Waals surface area contributed by atoms with Gasteiger partial charge in [-0.25, -0.2) is 4.79 Å². The highest BCUT2D eigenvalue weighted by molar-refractivity contribution is 5.92. The Labute approximate surface area is 187 Å². The zero-order chi connectivity index (χ0) is 23.5. The second-order valence-corrected chi connectivity index (χ2v) is 10.9. The predicted molar refractivity (Wildman–Crippen MR) is 111 cm³/mol. The van der Waals surface area contributed by atoms with Crippen molar-refractivity contribution in [3.05, 3.63) is 23.3 Å². The first-order valence-electron chi connectivity index (χ1n) is 11.4. The van der Waals surface area contributed by atoms with Crippen LogP contribution in [0.25, 0.3) is 0 Å². The molecule has 3 N–H and O–H groups in total. The van der Waals surface area contributed by atoms with Gasteiger partial charge in [0.2, 0.25) is 0 Å². The van der Waals surface area contributed by atoms with E-state index in [0.29, 0.717) is 23.1 Å². The van der Waals surface area contributed by atoms with E-state index in [1.165, 1.54) is 0 Å². The minimum Gasteiger partial charge on any atom is -0.459 e. The fourth-order valence-corrected chi connectivity index (χ4v) is 7.16. The van der Waals surface area contributed by atoms with E-state index < -0.39 is 59.0 Å². The molecule has 5 rings (SSSR count). The summed E-state index contributed by atoms with van der Waals surface area (Å²) in [5.41, 5.74) is -2.58. The van der Waals surface area contributed by atoms with Gasteiger partial charge in [0.15, 0.2) is 0 Å². The summed E-state index contributed by atoms with van der Waals surface area (Å²) >= 11 is 0. The number of aliphatic hydroxyl groups excluding tert-OH is 2. The number of ether oxygens (including phenoxy) is 3. The molecule has 0 bridgehead atoms. The first-order valence-corrected chi connectivity index (χ1v) is 11.4. The molecule has 1 saturated heterocycles. The number of carbonyl (C=O) groups excluding carboxylic acids is 2. The average Bonchev–Trinajstić information content (AvgIpc) is 3.24. The van der Waals surface area contributed by atoms with Crippen molar-refractivity contribution in [2.24, 2.45) is 23.7 Å². The summed E-state index contributed by atoms with van der Waals surface area (Å²) < 4.78 is 17.8. The zero-order valence-electron chi connectivity index (χ0n) is 19.1. The topological polar surface area (TPSA) is 126 Å². The smallest absolute Gasteiger partial charge is 0.334 e. The monoisotopic (exact) mass is 448 g/mol. The highest BCUT2D eigenvalue weighted by Gasteiger charge is 2.91. The molecule has 0 unspecified atom stereocenters. The quantitative estimate of drug-likeness (QED) is 0.325. The van der Waals surface area contributed by atoms with E-state index in [9.17, 15) is 24.9 Å². The molecular formula is C24H32O8. The Morgan fingerprint density at radius 1 is 1.28 bits per heavy atom. The van der Waals surface area contributed by atoms with E-state index in [2.05, 4.69) is 6.58 Å². The highest BCUT2D eigenvalue weighted by atomic mass is 16.7. The molecule has 0 aromatic carbocycles. The lowest BCUT2D eigenvalue weighted by Gasteiger charge is -2.50. The van der Waals surface area contributed by atoms with Crippen molar-refractivity contribution in [1.82, 2.24) is 0 Å². The van der Waals surface area contributed by atoms with E-state index in [1.54, 1.807) is 27.7 Å². The molecule has 0 spiro atoms. The number of hydrogen-bond acceptors (Lipinski definition) is 8. The van der Waals surface area contributed by atoms with Crippen LogP contribution in [0.15, 0.2) is 23.3 Å². The van der Waals surface area contributed by atoms with Crippen molar-refractivity contribution >= 4 is 11.9 Å². The molecule has 3 aliphatic carbocycles. The average molecular weight is 449 g/mol. The van der Waals surface area contributed by atoms with Gasteiger partial charge >= 0.3 is 11.9 Å². The van der Waals surface area contributed by atoms with Crippen LogP contribution in [-0.4, -0.2) is 68.5 Å². The fraction of sp³-hybridized carbons (Fsp3) is 0.750. The van der Waals surface area contributed by atoms with Gasteiger partial charge in [-0.3, -0.25) is 4.79 Å². The minimum absolute atomic E-state index is 0.117. The van der Waals surface area contributed by atoms with Crippen molar-refractivity contribution in [2.75, 3.05) is 0 Å². The summed E-state index contributed by atoms with van der Waals surface area (Å²) in [5, 5.41) is 34.2. The summed E-state index contributed by atoms with van der Waals surface area (Å²) in [6.07, 6.45) is -3.20. The third kappa shape index (κ3) is 2.36. The lowest BCUT2D eigenvalue weighted by molar-refractivity contribution is -0.165. The summed E-state index contributed by atoms with van der Waals surface area (Å²) in [6.45, 7) is 12.8. The maximum absolute atomic E-state index is 12.6. The second kappa shape index (κ2) is 6.44.